The minimum absolute atomic E-state index is 0. The molecule has 0 aliphatic carbocycles. The van der Waals surface area contributed by atoms with E-state index in [1.807, 2.05) is 13.0 Å². The first-order valence-electron chi connectivity index (χ1n) is 7.12. The average Bonchev–Trinajstić information content (AvgIpc) is 3.16. The number of nitrogens with one attached hydrogen (secondary N) is 2. The smallest absolute Gasteiger partial charge is 0.284 e. The van der Waals surface area contributed by atoms with Crippen molar-refractivity contribution in [2.75, 3.05) is 13.1 Å². The molecule has 4 N–H and O–H groups in total. The van der Waals surface area contributed by atoms with Gasteiger partial charge in [-0.3, -0.25) is 4.79 Å². The van der Waals surface area contributed by atoms with Gasteiger partial charge in [0.05, 0.1) is 0 Å². The number of aliphatic imine (C=N–C) groups is 1. The summed E-state index contributed by atoms with van der Waals surface area (Å²) in [6.45, 7) is 3.93. The van der Waals surface area contributed by atoms with Gasteiger partial charge in [0.15, 0.2) is 11.7 Å². The van der Waals surface area contributed by atoms with Crippen molar-refractivity contribution in [3.63, 3.8) is 0 Å². The first-order chi connectivity index (χ1) is 10.7. The van der Waals surface area contributed by atoms with Crippen LogP contribution in [0.4, 0.5) is 0 Å². The zero-order valence-electron chi connectivity index (χ0n) is 12.9. The molecule has 126 valence electrons. The maximum Gasteiger partial charge on any atom is 0.284 e. The topological polar surface area (TPSA) is 92.6 Å². The van der Waals surface area contributed by atoms with E-state index in [9.17, 15) is 4.79 Å². The minimum Gasteiger partial charge on any atom is -0.454 e. The molecule has 1 amide bonds. The highest BCUT2D eigenvalue weighted by Crippen LogP contribution is 2.09. The van der Waals surface area contributed by atoms with Crippen molar-refractivity contribution in [2.45, 2.75) is 19.9 Å². The third-order valence-corrected chi connectivity index (χ3v) is 3.82. The van der Waals surface area contributed by atoms with Crippen molar-refractivity contribution in [1.29, 1.82) is 0 Å². The van der Waals surface area contributed by atoms with Crippen LogP contribution in [-0.2, 0) is 13.0 Å². The normalized spacial score (nSPS) is 10.9. The van der Waals surface area contributed by atoms with Crippen LogP contribution in [0, 0.1) is 0 Å². The Kier molecular flexibility index (Phi) is 8.70. The lowest BCUT2D eigenvalue weighted by Crippen LogP contribution is -2.38. The summed E-state index contributed by atoms with van der Waals surface area (Å²) in [7, 11) is 0. The Morgan fingerprint density at radius 3 is 2.78 bits per heavy atom. The van der Waals surface area contributed by atoms with Gasteiger partial charge in [0.1, 0.15) is 12.3 Å². The number of primary amides is 1. The van der Waals surface area contributed by atoms with E-state index in [-0.39, 0.29) is 29.7 Å². The lowest BCUT2D eigenvalue weighted by molar-refractivity contribution is 0.0972. The molecule has 6 nitrogen and oxygen atoms in total. The van der Waals surface area contributed by atoms with Crippen LogP contribution < -0.4 is 16.4 Å². The Labute approximate surface area is 156 Å². The quantitative estimate of drug-likeness (QED) is 0.345. The van der Waals surface area contributed by atoms with Crippen LogP contribution in [0.5, 0.6) is 0 Å². The summed E-state index contributed by atoms with van der Waals surface area (Å²) in [4.78, 5) is 16.7. The number of furan rings is 1. The molecule has 0 radical (unpaired) electrons. The monoisotopic (exact) mass is 448 g/mol. The summed E-state index contributed by atoms with van der Waals surface area (Å²) in [6, 6.07) is 7.43. The number of nitrogens with two attached hydrogens (primary N) is 1. The Morgan fingerprint density at radius 2 is 2.17 bits per heavy atom. The molecule has 2 heterocycles. The molecule has 0 aromatic carbocycles. The molecule has 0 fully saturated rings. The molecule has 0 aliphatic rings. The molecule has 0 bridgehead atoms. The maximum atomic E-state index is 11.0. The second kappa shape index (κ2) is 10.3. The number of amides is 1. The molecule has 23 heavy (non-hydrogen) atoms. The van der Waals surface area contributed by atoms with Gasteiger partial charge in [-0.25, -0.2) is 4.99 Å². The number of carbonyl (C=O) groups excluding carboxylic acids is 1. The second-order valence-electron chi connectivity index (χ2n) is 4.58. The van der Waals surface area contributed by atoms with E-state index in [0.29, 0.717) is 12.3 Å². The zero-order chi connectivity index (χ0) is 15.8. The summed E-state index contributed by atoms with van der Waals surface area (Å²) < 4.78 is 5.30. The van der Waals surface area contributed by atoms with Crippen molar-refractivity contribution in [3.05, 3.63) is 46.0 Å². The number of rotatable bonds is 7. The fourth-order valence-electron chi connectivity index (χ4n) is 1.85. The predicted molar refractivity (Wildman–Crippen MR) is 103 cm³/mol. The molecular weight excluding hydrogens is 427 g/mol. The Bertz CT molecular complexity index is 625. The number of hydrogen-bond donors (Lipinski definition) is 3. The van der Waals surface area contributed by atoms with Crippen LogP contribution in [0.3, 0.4) is 0 Å². The SMILES string of the molecule is CCNC(=NCc1ccc(C(N)=O)o1)NCCc1cccs1.I. The summed E-state index contributed by atoms with van der Waals surface area (Å²) in [6.07, 6.45) is 0.953. The molecule has 2 rings (SSSR count). The van der Waals surface area contributed by atoms with Crippen LogP contribution in [-0.4, -0.2) is 25.0 Å². The Balaban J connectivity index is 0.00000264. The van der Waals surface area contributed by atoms with Crippen LogP contribution in [0.2, 0.25) is 0 Å². The van der Waals surface area contributed by atoms with Crippen molar-refractivity contribution in [1.82, 2.24) is 10.6 Å². The molecule has 0 unspecified atom stereocenters. The average molecular weight is 448 g/mol. The van der Waals surface area contributed by atoms with Crippen molar-refractivity contribution in [3.8, 4) is 0 Å². The zero-order valence-corrected chi connectivity index (χ0v) is 16.0. The molecule has 2 aromatic heterocycles. The van der Waals surface area contributed by atoms with Crippen molar-refractivity contribution < 1.29 is 9.21 Å². The first kappa shape index (κ1) is 19.5. The van der Waals surface area contributed by atoms with Crippen LogP contribution in [0.1, 0.15) is 28.1 Å². The van der Waals surface area contributed by atoms with Gasteiger partial charge in [-0.05, 0) is 36.9 Å². The molecular formula is C15H21IN4O2S. The van der Waals surface area contributed by atoms with Crippen LogP contribution in [0.15, 0.2) is 39.1 Å². The van der Waals surface area contributed by atoms with Gasteiger partial charge in [-0.15, -0.1) is 35.3 Å². The third kappa shape index (κ3) is 6.61. The number of carbonyl (C=O) groups is 1. The lowest BCUT2D eigenvalue weighted by atomic mass is 10.3. The van der Waals surface area contributed by atoms with Gasteiger partial charge in [-0.2, -0.15) is 0 Å². The highest BCUT2D eigenvalue weighted by atomic mass is 127. The molecule has 0 atom stereocenters. The fourth-order valence-corrected chi connectivity index (χ4v) is 2.56. The summed E-state index contributed by atoms with van der Waals surface area (Å²) in [5, 5.41) is 8.51. The first-order valence-corrected chi connectivity index (χ1v) is 8.00. The van der Waals surface area contributed by atoms with E-state index in [0.717, 1.165) is 25.5 Å². The number of hydrogen-bond acceptors (Lipinski definition) is 4. The summed E-state index contributed by atoms with van der Waals surface area (Å²) >= 11 is 1.74. The number of nitrogens with zero attached hydrogens (tertiary/aromatic N) is 1. The number of thiophene rings is 1. The van der Waals surface area contributed by atoms with E-state index >= 15 is 0 Å². The highest BCUT2D eigenvalue weighted by molar-refractivity contribution is 14.0. The summed E-state index contributed by atoms with van der Waals surface area (Å²) in [5.41, 5.74) is 5.15. The fraction of sp³-hybridized carbons (Fsp3) is 0.333. The molecule has 0 saturated heterocycles. The number of halogens is 1. The van der Waals surface area contributed by atoms with E-state index in [1.54, 1.807) is 23.5 Å². The highest BCUT2D eigenvalue weighted by Gasteiger charge is 2.06. The van der Waals surface area contributed by atoms with Crippen molar-refractivity contribution in [2.24, 2.45) is 10.7 Å². The molecule has 0 saturated carbocycles. The second-order valence-corrected chi connectivity index (χ2v) is 5.61. The van der Waals surface area contributed by atoms with E-state index in [1.165, 1.54) is 4.88 Å². The Morgan fingerprint density at radius 1 is 1.35 bits per heavy atom. The molecule has 2 aromatic rings. The lowest BCUT2D eigenvalue weighted by Gasteiger charge is -2.10. The van der Waals surface area contributed by atoms with E-state index in [2.05, 4.69) is 27.1 Å². The van der Waals surface area contributed by atoms with Gasteiger partial charge >= 0.3 is 0 Å². The van der Waals surface area contributed by atoms with E-state index < -0.39 is 5.91 Å². The standard InChI is InChI=1S/C15H20N4O2S.HI/c1-2-17-15(18-8-7-12-4-3-9-22-12)19-10-11-5-6-13(21-11)14(16)20;/h3-6,9H,2,7-8,10H2,1H3,(H2,16,20)(H2,17,18,19);1H. The third-order valence-electron chi connectivity index (χ3n) is 2.89. The van der Waals surface area contributed by atoms with Crippen molar-refractivity contribution >= 4 is 47.2 Å². The predicted octanol–water partition coefficient (Wildman–Crippen LogP) is 2.36. The Hall–Kier alpha value is -1.55. The van der Waals surface area contributed by atoms with Gasteiger partial charge in [0, 0.05) is 18.0 Å². The van der Waals surface area contributed by atoms with Crippen LogP contribution >= 0.6 is 35.3 Å². The van der Waals surface area contributed by atoms with Gasteiger partial charge < -0.3 is 20.8 Å². The van der Waals surface area contributed by atoms with Gasteiger partial charge in [0.25, 0.3) is 5.91 Å². The molecule has 8 heteroatoms. The van der Waals surface area contributed by atoms with Crippen LogP contribution in [0.25, 0.3) is 0 Å². The largest absolute Gasteiger partial charge is 0.454 e. The molecule has 0 aliphatic heterocycles. The van der Waals surface area contributed by atoms with Gasteiger partial charge in [-0.1, -0.05) is 6.07 Å². The summed E-state index contributed by atoms with van der Waals surface area (Å²) in [5.74, 6) is 0.900. The van der Waals surface area contributed by atoms with Gasteiger partial charge in [0.2, 0.25) is 0 Å². The van der Waals surface area contributed by atoms with E-state index in [4.69, 9.17) is 10.2 Å². The minimum atomic E-state index is -0.573. The molecule has 0 spiro atoms. The maximum absolute atomic E-state index is 11.0. The number of guanidine groups is 1.